The van der Waals surface area contributed by atoms with E-state index in [2.05, 4.69) is 0 Å². The number of nitrogens with two attached hydrogens (primary N) is 3. The largest absolute Gasteiger partial charge is 0.398 e. The molecular formula is C10H15FN4O. The Balaban J connectivity index is 2.79. The van der Waals surface area contributed by atoms with E-state index in [1.807, 2.05) is 0 Å². The summed E-state index contributed by atoms with van der Waals surface area (Å²) < 4.78 is 12.8. The Morgan fingerprint density at radius 1 is 1.44 bits per heavy atom. The molecule has 6 heteroatoms. The van der Waals surface area contributed by atoms with Crippen LogP contribution in [0.1, 0.15) is 16.8 Å². The minimum atomic E-state index is -0.487. The van der Waals surface area contributed by atoms with Crippen molar-refractivity contribution in [2.24, 2.45) is 11.6 Å². The van der Waals surface area contributed by atoms with E-state index in [-0.39, 0.29) is 11.3 Å². The molecule has 1 aromatic carbocycles. The van der Waals surface area contributed by atoms with Crippen LogP contribution >= 0.6 is 0 Å². The maximum atomic E-state index is 12.8. The summed E-state index contributed by atoms with van der Waals surface area (Å²) in [7, 11) is 0. The number of anilines is 1. The predicted molar refractivity (Wildman–Crippen MR) is 59.7 cm³/mol. The average Bonchev–Trinajstić information content (AvgIpc) is 2.25. The average molecular weight is 226 g/mol. The highest BCUT2D eigenvalue weighted by Crippen LogP contribution is 2.14. The summed E-state index contributed by atoms with van der Waals surface area (Å²) in [6, 6.07) is 3.57. The van der Waals surface area contributed by atoms with E-state index in [0.717, 1.165) is 11.1 Å². The Morgan fingerprint density at radius 2 is 2.12 bits per heavy atom. The number of carbonyl (C=O) groups is 1. The Hall–Kier alpha value is -1.66. The van der Waals surface area contributed by atoms with Crippen molar-refractivity contribution in [2.45, 2.75) is 6.42 Å². The third-order valence-corrected chi connectivity index (χ3v) is 2.11. The molecular weight excluding hydrogens is 211 g/mol. The minimum absolute atomic E-state index is 0.0770. The SMILES string of the molecule is NCCCN(N)C(=O)c1ccc(F)cc1N. The van der Waals surface area contributed by atoms with Gasteiger partial charge in [0.2, 0.25) is 0 Å². The van der Waals surface area contributed by atoms with Gasteiger partial charge in [0.05, 0.1) is 5.56 Å². The van der Waals surface area contributed by atoms with E-state index in [4.69, 9.17) is 17.3 Å². The number of benzene rings is 1. The number of nitrogen functional groups attached to an aromatic ring is 1. The molecule has 0 aromatic heterocycles. The van der Waals surface area contributed by atoms with Gasteiger partial charge in [0.15, 0.2) is 0 Å². The van der Waals surface area contributed by atoms with Crippen LogP contribution in [0.2, 0.25) is 0 Å². The molecule has 0 radical (unpaired) electrons. The number of halogens is 1. The van der Waals surface area contributed by atoms with Crippen LogP contribution in [0.4, 0.5) is 10.1 Å². The third kappa shape index (κ3) is 2.91. The number of hydrazine groups is 1. The summed E-state index contributed by atoms with van der Waals surface area (Å²) >= 11 is 0. The molecule has 0 fully saturated rings. The van der Waals surface area contributed by atoms with E-state index in [9.17, 15) is 9.18 Å². The van der Waals surface area contributed by atoms with E-state index in [1.54, 1.807) is 0 Å². The van der Waals surface area contributed by atoms with E-state index in [1.165, 1.54) is 12.1 Å². The zero-order chi connectivity index (χ0) is 12.1. The standard InChI is InChI=1S/C10H15FN4O/c11-7-2-3-8(9(13)6-7)10(16)15(14)5-1-4-12/h2-3,6H,1,4-5,12-14H2. The van der Waals surface area contributed by atoms with Crippen LogP contribution in [-0.2, 0) is 0 Å². The lowest BCUT2D eigenvalue weighted by atomic mass is 10.1. The molecule has 0 saturated carbocycles. The quantitative estimate of drug-likeness (QED) is 0.293. The lowest BCUT2D eigenvalue weighted by Gasteiger charge is -2.17. The van der Waals surface area contributed by atoms with Crippen LogP contribution in [0.5, 0.6) is 0 Å². The van der Waals surface area contributed by atoms with E-state index < -0.39 is 11.7 Å². The number of hydrogen-bond donors (Lipinski definition) is 3. The number of hydrogen-bond acceptors (Lipinski definition) is 4. The van der Waals surface area contributed by atoms with Gasteiger partial charge in [0, 0.05) is 12.2 Å². The molecule has 0 aliphatic carbocycles. The Kier molecular flexibility index (Phi) is 4.21. The van der Waals surface area contributed by atoms with Gasteiger partial charge in [-0.05, 0) is 31.2 Å². The van der Waals surface area contributed by atoms with Crippen LogP contribution in [-0.4, -0.2) is 24.0 Å². The maximum absolute atomic E-state index is 12.8. The van der Waals surface area contributed by atoms with Crippen molar-refractivity contribution in [3.05, 3.63) is 29.6 Å². The highest BCUT2D eigenvalue weighted by molar-refractivity contribution is 5.98. The summed E-state index contributed by atoms with van der Waals surface area (Å²) in [5, 5.41) is 1.02. The molecule has 16 heavy (non-hydrogen) atoms. The lowest BCUT2D eigenvalue weighted by Crippen LogP contribution is -2.39. The Bertz CT molecular complexity index is 383. The van der Waals surface area contributed by atoms with Crippen molar-refractivity contribution < 1.29 is 9.18 Å². The van der Waals surface area contributed by atoms with Crippen molar-refractivity contribution in [2.75, 3.05) is 18.8 Å². The maximum Gasteiger partial charge on any atom is 0.269 e. The van der Waals surface area contributed by atoms with Crippen LogP contribution in [0.3, 0.4) is 0 Å². The fraction of sp³-hybridized carbons (Fsp3) is 0.300. The summed E-state index contributed by atoms with van der Waals surface area (Å²) in [6.45, 7) is 0.784. The molecule has 0 aliphatic rings. The summed E-state index contributed by atoms with van der Waals surface area (Å²) in [5.41, 5.74) is 11.1. The van der Waals surface area contributed by atoms with E-state index in [0.29, 0.717) is 19.5 Å². The normalized spacial score (nSPS) is 10.2. The van der Waals surface area contributed by atoms with Gasteiger partial charge >= 0.3 is 0 Å². The van der Waals surface area contributed by atoms with Gasteiger partial charge in [-0.1, -0.05) is 0 Å². The first-order valence-corrected chi connectivity index (χ1v) is 4.88. The minimum Gasteiger partial charge on any atom is -0.398 e. The molecule has 1 aromatic rings. The second-order valence-electron chi connectivity index (χ2n) is 3.37. The van der Waals surface area contributed by atoms with Crippen LogP contribution < -0.4 is 17.3 Å². The van der Waals surface area contributed by atoms with Crippen molar-refractivity contribution in [1.29, 1.82) is 0 Å². The van der Waals surface area contributed by atoms with Gasteiger partial charge in [-0.2, -0.15) is 0 Å². The lowest BCUT2D eigenvalue weighted by molar-refractivity contribution is 0.0755. The molecule has 0 bridgehead atoms. The van der Waals surface area contributed by atoms with Gasteiger partial charge in [0.1, 0.15) is 5.82 Å². The smallest absolute Gasteiger partial charge is 0.269 e. The molecule has 0 atom stereocenters. The second-order valence-corrected chi connectivity index (χ2v) is 3.37. The van der Waals surface area contributed by atoms with Gasteiger partial charge in [-0.25, -0.2) is 10.2 Å². The molecule has 0 aliphatic heterocycles. The first kappa shape index (κ1) is 12.4. The third-order valence-electron chi connectivity index (χ3n) is 2.11. The first-order valence-electron chi connectivity index (χ1n) is 4.88. The monoisotopic (exact) mass is 226 g/mol. The van der Waals surface area contributed by atoms with Gasteiger partial charge in [-0.3, -0.25) is 9.80 Å². The predicted octanol–water partition coefficient (Wildman–Crippen LogP) is 0.0726. The first-order chi connectivity index (χ1) is 7.56. The number of nitrogens with zero attached hydrogens (tertiary/aromatic N) is 1. The van der Waals surface area contributed by atoms with Gasteiger partial charge < -0.3 is 11.5 Å². The highest BCUT2D eigenvalue weighted by Gasteiger charge is 2.15. The molecule has 1 rings (SSSR count). The molecule has 0 heterocycles. The van der Waals surface area contributed by atoms with Crippen LogP contribution in [0, 0.1) is 5.82 Å². The number of carbonyl (C=O) groups excluding carboxylic acids is 1. The molecule has 0 saturated heterocycles. The molecule has 88 valence electrons. The number of rotatable bonds is 4. The number of amides is 1. The fourth-order valence-electron chi connectivity index (χ4n) is 1.25. The summed E-state index contributed by atoms with van der Waals surface area (Å²) in [6.07, 6.45) is 0.601. The highest BCUT2D eigenvalue weighted by atomic mass is 19.1. The van der Waals surface area contributed by atoms with Gasteiger partial charge in [-0.15, -0.1) is 0 Å². The van der Waals surface area contributed by atoms with Crippen LogP contribution in [0.15, 0.2) is 18.2 Å². The van der Waals surface area contributed by atoms with Crippen molar-refractivity contribution in [3.63, 3.8) is 0 Å². The topological polar surface area (TPSA) is 98.4 Å². The fourth-order valence-corrected chi connectivity index (χ4v) is 1.25. The molecule has 0 unspecified atom stereocenters. The Morgan fingerprint density at radius 3 is 2.69 bits per heavy atom. The van der Waals surface area contributed by atoms with E-state index >= 15 is 0 Å². The Labute approximate surface area is 93.0 Å². The van der Waals surface area contributed by atoms with Crippen molar-refractivity contribution in [1.82, 2.24) is 5.01 Å². The van der Waals surface area contributed by atoms with Crippen molar-refractivity contribution >= 4 is 11.6 Å². The second kappa shape index (κ2) is 5.43. The summed E-state index contributed by atoms with van der Waals surface area (Å²) in [4.78, 5) is 11.7. The van der Waals surface area contributed by atoms with Gasteiger partial charge in [0.25, 0.3) is 5.91 Å². The molecule has 5 nitrogen and oxygen atoms in total. The molecule has 1 amide bonds. The summed E-state index contributed by atoms with van der Waals surface area (Å²) in [5.74, 6) is 4.60. The van der Waals surface area contributed by atoms with Crippen LogP contribution in [0.25, 0.3) is 0 Å². The zero-order valence-corrected chi connectivity index (χ0v) is 8.82. The molecule has 0 spiro atoms. The van der Waals surface area contributed by atoms with Crippen molar-refractivity contribution in [3.8, 4) is 0 Å². The zero-order valence-electron chi connectivity index (χ0n) is 8.82. The molecule has 6 N–H and O–H groups in total.